The van der Waals surface area contributed by atoms with Gasteiger partial charge in [-0.25, -0.2) is 0 Å². The third-order valence-corrected chi connectivity index (χ3v) is 6.08. The van der Waals surface area contributed by atoms with Crippen LogP contribution in [-0.2, 0) is 6.54 Å². The van der Waals surface area contributed by atoms with Crippen molar-refractivity contribution >= 4 is 22.8 Å². The molecule has 168 valence electrons. The van der Waals surface area contributed by atoms with Crippen molar-refractivity contribution in [2.24, 2.45) is 0 Å². The van der Waals surface area contributed by atoms with E-state index in [1.54, 1.807) is 37.5 Å². The Morgan fingerprint density at radius 1 is 1.06 bits per heavy atom. The third-order valence-electron chi connectivity index (χ3n) is 6.08. The lowest BCUT2D eigenvalue weighted by atomic mass is 10.1. The van der Waals surface area contributed by atoms with Crippen molar-refractivity contribution in [3.05, 3.63) is 71.9 Å². The number of rotatable bonds is 8. The highest BCUT2D eigenvalue weighted by Crippen LogP contribution is 2.23. The smallest absolute Gasteiger partial charge is 0.185 e. The fourth-order valence-electron chi connectivity index (χ4n) is 4.19. The monoisotopic (exact) mass is 433 g/mol. The number of aliphatic hydroxyl groups excluding tert-OH is 1. The van der Waals surface area contributed by atoms with Gasteiger partial charge in [-0.3, -0.25) is 9.69 Å². The van der Waals surface area contributed by atoms with Crippen LogP contribution in [0.4, 0.5) is 0 Å². The molecule has 0 amide bonds. The van der Waals surface area contributed by atoms with Crippen LogP contribution in [0.15, 0.2) is 60.8 Å². The highest BCUT2D eigenvalue weighted by molar-refractivity contribution is 6.07. The van der Waals surface area contributed by atoms with Crippen molar-refractivity contribution in [1.82, 2.24) is 14.4 Å². The predicted molar refractivity (Wildman–Crippen MR) is 128 cm³/mol. The minimum Gasteiger partial charge on any atom is -0.497 e. The van der Waals surface area contributed by atoms with E-state index in [2.05, 4.69) is 33.5 Å². The first kappa shape index (κ1) is 22.3. The highest BCUT2D eigenvalue weighted by atomic mass is 16.5. The maximum Gasteiger partial charge on any atom is 0.185 e. The van der Waals surface area contributed by atoms with Crippen molar-refractivity contribution in [2.75, 3.05) is 46.9 Å². The largest absolute Gasteiger partial charge is 0.497 e. The van der Waals surface area contributed by atoms with Crippen LogP contribution in [0.25, 0.3) is 17.0 Å². The van der Waals surface area contributed by atoms with Gasteiger partial charge in [0.05, 0.1) is 13.2 Å². The van der Waals surface area contributed by atoms with Gasteiger partial charge in [-0.15, -0.1) is 0 Å². The summed E-state index contributed by atoms with van der Waals surface area (Å²) < 4.78 is 7.25. The molecule has 1 saturated heterocycles. The summed E-state index contributed by atoms with van der Waals surface area (Å²) in [4.78, 5) is 17.2. The summed E-state index contributed by atoms with van der Waals surface area (Å²) in [6.07, 6.45) is 5.04. The fraction of sp³-hybridized carbons (Fsp3) is 0.346. The van der Waals surface area contributed by atoms with Crippen LogP contribution in [0.1, 0.15) is 15.9 Å². The van der Waals surface area contributed by atoms with E-state index in [0.29, 0.717) is 18.7 Å². The number of carbonyl (C=O) groups excluding carboxylic acids is 1. The van der Waals surface area contributed by atoms with E-state index in [4.69, 9.17) is 4.74 Å². The van der Waals surface area contributed by atoms with E-state index in [0.717, 1.165) is 48.4 Å². The number of fused-ring (bicyclic) bond motifs is 1. The number of para-hydroxylation sites is 1. The number of aliphatic hydroxyl groups is 1. The topological polar surface area (TPSA) is 57.9 Å². The van der Waals surface area contributed by atoms with Gasteiger partial charge in [0.1, 0.15) is 5.75 Å². The van der Waals surface area contributed by atoms with E-state index < -0.39 is 6.10 Å². The summed E-state index contributed by atoms with van der Waals surface area (Å²) in [5.74, 6) is 0.670. The van der Waals surface area contributed by atoms with Gasteiger partial charge in [-0.05, 0) is 49.5 Å². The van der Waals surface area contributed by atoms with E-state index in [-0.39, 0.29) is 5.78 Å². The standard InChI is InChI=1S/C26H31N3O3/c1-27-13-15-28(16-14-27)18-22(30)19-29-17-21(24-5-3-4-6-25(24)29)9-12-26(31)20-7-10-23(32-2)11-8-20/h3-12,17,22,30H,13-16,18-19H2,1-2H3/b12-9-/t22-/m1/s1. The molecular formula is C26H31N3O3. The van der Waals surface area contributed by atoms with Gasteiger partial charge in [-0.1, -0.05) is 18.2 Å². The van der Waals surface area contributed by atoms with Crippen LogP contribution in [0, 0.1) is 0 Å². The molecule has 32 heavy (non-hydrogen) atoms. The molecule has 2 heterocycles. The molecule has 1 aromatic heterocycles. The van der Waals surface area contributed by atoms with Crippen LogP contribution in [-0.4, -0.2) is 78.2 Å². The molecular weight excluding hydrogens is 402 g/mol. The first-order chi connectivity index (χ1) is 15.5. The molecule has 3 aromatic rings. The maximum absolute atomic E-state index is 12.6. The van der Waals surface area contributed by atoms with E-state index in [9.17, 15) is 9.90 Å². The molecule has 0 radical (unpaired) electrons. The average molecular weight is 434 g/mol. The second-order valence-electron chi connectivity index (χ2n) is 8.44. The van der Waals surface area contributed by atoms with Crippen molar-refractivity contribution in [1.29, 1.82) is 0 Å². The molecule has 6 heteroatoms. The van der Waals surface area contributed by atoms with E-state index in [1.807, 2.05) is 24.4 Å². The molecule has 2 aromatic carbocycles. The molecule has 0 spiro atoms. The first-order valence-electron chi connectivity index (χ1n) is 11.1. The maximum atomic E-state index is 12.6. The number of hydrogen-bond acceptors (Lipinski definition) is 5. The number of carbonyl (C=O) groups is 1. The van der Waals surface area contributed by atoms with Gasteiger partial charge in [0.25, 0.3) is 0 Å². The van der Waals surface area contributed by atoms with Crippen LogP contribution in [0.5, 0.6) is 5.75 Å². The van der Waals surface area contributed by atoms with Gasteiger partial charge in [-0.2, -0.15) is 0 Å². The molecule has 1 aliphatic rings. The normalized spacial score (nSPS) is 16.6. The van der Waals surface area contributed by atoms with Gasteiger partial charge in [0.15, 0.2) is 5.78 Å². The lowest BCUT2D eigenvalue weighted by molar-refractivity contribution is 0.0717. The van der Waals surface area contributed by atoms with Gasteiger partial charge >= 0.3 is 0 Å². The first-order valence-corrected chi connectivity index (χ1v) is 11.1. The van der Waals surface area contributed by atoms with Crippen molar-refractivity contribution in [3.63, 3.8) is 0 Å². The zero-order valence-electron chi connectivity index (χ0n) is 18.8. The minimum atomic E-state index is -0.452. The number of hydrogen-bond donors (Lipinski definition) is 1. The van der Waals surface area contributed by atoms with Crippen molar-refractivity contribution in [3.8, 4) is 5.75 Å². The summed E-state index contributed by atoms with van der Waals surface area (Å²) in [5.41, 5.74) is 2.64. The van der Waals surface area contributed by atoms with Gasteiger partial charge in [0, 0.05) is 67.5 Å². The number of nitrogens with zero attached hydrogens (tertiary/aromatic N) is 3. The Kier molecular flexibility index (Phi) is 7.05. The Morgan fingerprint density at radius 3 is 2.50 bits per heavy atom. The Morgan fingerprint density at radius 2 is 1.78 bits per heavy atom. The zero-order valence-corrected chi connectivity index (χ0v) is 18.8. The predicted octanol–water partition coefficient (Wildman–Crippen LogP) is 3.15. The molecule has 4 rings (SSSR count). The molecule has 1 fully saturated rings. The number of ketones is 1. The number of ether oxygens (including phenoxy) is 1. The third kappa shape index (κ3) is 5.27. The van der Waals surface area contributed by atoms with Crippen LogP contribution in [0.2, 0.25) is 0 Å². The quantitative estimate of drug-likeness (QED) is 0.437. The summed E-state index contributed by atoms with van der Waals surface area (Å²) in [5, 5.41) is 11.8. The summed E-state index contributed by atoms with van der Waals surface area (Å²) in [6.45, 7) is 5.24. The van der Waals surface area contributed by atoms with E-state index in [1.165, 1.54) is 0 Å². The van der Waals surface area contributed by atoms with Crippen molar-refractivity contribution < 1.29 is 14.6 Å². The van der Waals surface area contributed by atoms with Crippen LogP contribution < -0.4 is 4.74 Å². The Labute approximate surface area is 189 Å². The highest BCUT2D eigenvalue weighted by Gasteiger charge is 2.18. The molecule has 1 N–H and O–H groups in total. The molecule has 6 nitrogen and oxygen atoms in total. The zero-order chi connectivity index (χ0) is 22.5. The van der Waals surface area contributed by atoms with Crippen LogP contribution >= 0.6 is 0 Å². The van der Waals surface area contributed by atoms with Crippen molar-refractivity contribution in [2.45, 2.75) is 12.6 Å². The summed E-state index contributed by atoms with van der Waals surface area (Å²) >= 11 is 0. The lowest BCUT2D eigenvalue weighted by Gasteiger charge is -2.33. The number of β-amino-alcohol motifs (C(OH)–C–C–N with tert-alkyl or cyclic N) is 1. The molecule has 1 aliphatic heterocycles. The molecule has 0 unspecified atom stereocenters. The number of likely N-dealkylation sites (N-methyl/N-ethyl adjacent to an activating group) is 1. The SMILES string of the molecule is COc1ccc(C(=O)/C=C\c2cn(C[C@H](O)CN3CCN(C)CC3)c3ccccc23)cc1. The Bertz CT molecular complexity index is 1080. The number of piperazine rings is 1. The van der Waals surface area contributed by atoms with Gasteiger partial charge in [0.2, 0.25) is 0 Å². The van der Waals surface area contributed by atoms with Gasteiger partial charge < -0.3 is 19.3 Å². The number of methoxy groups -OCH3 is 1. The summed E-state index contributed by atoms with van der Waals surface area (Å²) in [6, 6.07) is 15.2. The number of allylic oxidation sites excluding steroid dienone is 1. The molecule has 1 atom stereocenters. The van der Waals surface area contributed by atoms with Crippen LogP contribution in [0.3, 0.4) is 0 Å². The number of aromatic nitrogens is 1. The fourth-order valence-corrected chi connectivity index (χ4v) is 4.19. The minimum absolute atomic E-state index is 0.0559. The second kappa shape index (κ2) is 10.1. The molecule has 0 saturated carbocycles. The lowest BCUT2D eigenvalue weighted by Crippen LogP contribution is -2.47. The average Bonchev–Trinajstić information content (AvgIpc) is 3.16. The second-order valence-corrected chi connectivity index (χ2v) is 8.44. The molecule has 0 aliphatic carbocycles. The summed E-state index contributed by atoms with van der Waals surface area (Å²) in [7, 11) is 3.74. The Hall–Kier alpha value is -2.93. The number of benzene rings is 2. The van der Waals surface area contributed by atoms with E-state index >= 15 is 0 Å². The molecule has 0 bridgehead atoms. The Balaban J connectivity index is 1.48.